The molecule has 194 valence electrons. The van der Waals surface area contributed by atoms with E-state index in [2.05, 4.69) is 10.6 Å². The summed E-state index contributed by atoms with van der Waals surface area (Å²) < 4.78 is 5.19. The third kappa shape index (κ3) is 5.45. The van der Waals surface area contributed by atoms with E-state index in [-0.39, 0.29) is 16.8 Å². The molecule has 0 aromatic heterocycles. The lowest BCUT2D eigenvalue weighted by atomic mass is 10.1. The number of carbonyl (C=O) groups is 4. The fourth-order valence-corrected chi connectivity index (χ4v) is 4.08. The van der Waals surface area contributed by atoms with Gasteiger partial charge in [-0.15, -0.1) is 0 Å². The first-order valence-electron chi connectivity index (χ1n) is 11.9. The monoisotopic (exact) mass is 531 g/mol. The second-order valence-corrected chi connectivity index (χ2v) is 9.42. The van der Waals surface area contributed by atoms with Gasteiger partial charge in [0.1, 0.15) is 10.7 Å². The topological polar surface area (TPSA) is 105 Å². The van der Waals surface area contributed by atoms with Gasteiger partial charge in [0.25, 0.3) is 17.7 Å². The van der Waals surface area contributed by atoms with Crippen LogP contribution in [0.3, 0.4) is 0 Å². The molecule has 0 bridgehead atoms. The molecule has 0 fully saturated rings. The van der Waals surface area contributed by atoms with Gasteiger partial charge in [0.05, 0.1) is 17.4 Å². The van der Waals surface area contributed by atoms with E-state index in [1.54, 1.807) is 68.4 Å². The van der Waals surface area contributed by atoms with Gasteiger partial charge in [-0.3, -0.25) is 14.4 Å². The molecule has 0 radical (unpaired) electrons. The van der Waals surface area contributed by atoms with Gasteiger partial charge in [0.2, 0.25) is 0 Å². The lowest BCUT2D eigenvalue weighted by Gasteiger charge is -2.18. The molecule has 3 aromatic rings. The minimum absolute atomic E-state index is 0.0418. The lowest BCUT2D eigenvalue weighted by Crippen LogP contribution is -2.33. The maximum absolute atomic E-state index is 13.1. The number of nitrogens with zero attached hydrogens (tertiary/aromatic N) is 1. The van der Waals surface area contributed by atoms with Crippen LogP contribution in [0.2, 0.25) is 0 Å². The molecule has 4 rings (SSSR count). The minimum atomic E-state index is -0.608. The summed E-state index contributed by atoms with van der Waals surface area (Å²) in [5.41, 5.74) is 3.76. The lowest BCUT2D eigenvalue weighted by molar-refractivity contribution is -0.120. The largest absolute Gasteiger partial charge is 0.459 e. The summed E-state index contributed by atoms with van der Waals surface area (Å²) in [6.07, 6.45) is -0.258. The second-order valence-electron chi connectivity index (χ2n) is 9.05. The molecule has 2 N–H and O–H groups in total. The predicted octanol–water partition coefficient (Wildman–Crippen LogP) is 5.56. The highest BCUT2D eigenvalue weighted by Crippen LogP contribution is 2.33. The molecular formula is C29H26ClN3O5. The molecule has 3 amide bonds. The van der Waals surface area contributed by atoms with Crippen LogP contribution >= 0.6 is 11.6 Å². The van der Waals surface area contributed by atoms with Crippen LogP contribution in [0.1, 0.15) is 45.7 Å². The maximum Gasteiger partial charge on any atom is 0.338 e. The van der Waals surface area contributed by atoms with Crippen molar-refractivity contribution in [3.63, 3.8) is 0 Å². The van der Waals surface area contributed by atoms with Gasteiger partial charge in [-0.1, -0.05) is 29.8 Å². The number of ether oxygens (including phenoxy) is 1. The van der Waals surface area contributed by atoms with Gasteiger partial charge < -0.3 is 15.4 Å². The number of esters is 1. The standard InChI is InChI=1S/C29H26ClN3O5/c1-16(2)38-29(37)20-8-6-9-22(15-20)32-26(34)19-11-13-21(14-12-19)31-25-24(30)27(35)33(28(25)36)23-10-5-7-17(3)18(23)4/h5-16,31H,1-4H3,(H,32,34). The Morgan fingerprint density at radius 2 is 1.55 bits per heavy atom. The number of imide groups is 1. The maximum atomic E-state index is 13.1. The van der Waals surface area contributed by atoms with Crippen molar-refractivity contribution in [2.75, 3.05) is 15.5 Å². The van der Waals surface area contributed by atoms with Crippen molar-refractivity contribution in [2.45, 2.75) is 33.8 Å². The summed E-state index contributed by atoms with van der Waals surface area (Å²) in [6, 6.07) is 18.1. The molecule has 38 heavy (non-hydrogen) atoms. The van der Waals surface area contributed by atoms with E-state index in [1.807, 2.05) is 19.9 Å². The van der Waals surface area contributed by atoms with Gasteiger partial charge in [-0.25, -0.2) is 9.69 Å². The molecule has 0 aliphatic carbocycles. The number of anilines is 3. The number of amides is 3. The fourth-order valence-electron chi connectivity index (χ4n) is 3.87. The molecule has 0 unspecified atom stereocenters. The molecule has 1 heterocycles. The highest BCUT2D eigenvalue weighted by molar-refractivity contribution is 6.53. The molecule has 1 aliphatic heterocycles. The van der Waals surface area contributed by atoms with E-state index in [0.29, 0.717) is 28.2 Å². The SMILES string of the molecule is Cc1cccc(N2C(=O)C(Cl)=C(Nc3ccc(C(=O)Nc4cccc(C(=O)OC(C)C)c4)cc3)C2=O)c1C. The van der Waals surface area contributed by atoms with Crippen LogP contribution in [0, 0.1) is 13.8 Å². The number of hydrogen-bond acceptors (Lipinski definition) is 6. The van der Waals surface area contributed by atoms with Crippen LogP contribution in [0.15, 0.2) is 77.5 Å². The Hall–Kier alpha value is -4.43. The molecule has 0 saturated carbocycles. The van der Waals surface area contributed by atoms with Crippen LogP contribution < -0.4 is 15.5 Å². The number of carbonyl (C=O) groups excluding carboxylic acids is 4. The molecule has 3 aromatic carbocycles. The van der Waals surface area contributed by atoms with Crippen LogP contribution in [-0.2, 0) is 14.3 Å². The number of nitrogens with one attached hydrogen (secondary N) is 2. The smallest absolute Gasteiger partial charge is 0.338 e. The number of rotatable bonds is 7. The third-order valence-electron chi connectivity index (χ3n) is 5.96. The third-order valence-corrected chi connectivity index (χ3v) is 6.31. The second kappa shape index (κ2) is 10.9. The van der Waals surface area contributed by atoms with E-state index in [4.69, 9.17) is 16.3 Å². The van der Waals surface area contributed by atoms with E-state index >= 15 is 0 Å². The number of benzene rings is 3. The Labute approximate surface area is 225 Å². The highest BCUT2D eigenvalue weighted by atomic mass is 35.5. The van der Waals surface area contributed by atoms with Gasteiger partial charge >= 0.3 is 5.97 Å². The Balaban J connectivity index is 1.46. The summed E-state index contributed by atoms with van der Waals surface area (Å²) in [4.78, 5) is 51.9. The van der Waals surface area contributed by atoms with Crippen LogP contribution in [0.25, 0.3) is 0 Å². The zero-order valence-electron chi connectivity index (χ0n) is 21.3. The van der Waals surface area contributed by atoms with Crippen molar-refractivity contribution in [1.29, 1.82) is 0 Å². The van der Waals surface area contributed by atoms with Crippen molar-refractivity contribution in [3.8, 4) is 0 Å². The molecule has 8 nitrogen and oxygen atoms in total. The number of aryl methyl sites for hydroxylation is 1. The predicted molar refractivity (Wildman–Crippen MR) is 146 cm³/mol. The average Bonchev–Trinajstić information content (AvgIpc) is 3.09. The summed E-state index contributed by atoms with van der Waals surface area (Å²) in [6.45, 7) is 7.25. The summed E-state index contributed by atoms with van der Waals surface area (Å²) >= 11 is 6.25. The number of hydrogen-bond donors (Lipinski definition) is 2. The normalized spacial score (nSPS) is 13.3. The molecule has 0 spiro atoms. The van der Waals surface area contributed by atoms with Gasteiger partial charge in [-0.05, 0) is 87.4 Å². The molecular weight excluding hydrogens is 506 g/mol. The zero-order chi connectivity index (χ0) is 27.6. The first-order valence-corrected chi connectivity index (χ1v) is 12.3. The minimum Gasteiger partial charge on any atom is -0.459 e. The average molecular weight is 532 g/mol. The van der Waals surface area contributed by atoms with Crippen LogP contribution in [0.5, 0.6) is 0 Å². The first-order chi connectivity index (χ1) is 18.1. The Kier molecular flexibility index (Phi) is 7.64. The van der Waals surface area contributed by atoms with Crippen molar-refractivity contribution in [1.82, 2.24) is 0 Å². The fraction of sp³-hybridized carbons (Fsp3) is 0.172. The molecule has 0 saturated heterocycles. The molecule has 0 atom stereocenters. The van der Waals surface area contributed by atoms with E-state index in [9.17, 15) is 19.2 Å². The first kappa shape index (κ1) is 26.6. The Bertz CT molecular complexity index is 1480. The summed E-state index contributed by atoms with van der Waals surface area (Å²) in [7, 11) is 0. The van der Waals surface area contributed by atoms with Crippen LogP contribution in [-0.4, -0.2) is 29.8 Å². The van der Waals surface area contributed by atoms with Crippen molar-refractivity contribution in [3.05, 3.63) is 99.7 Å². The quantitative estimate of drug-likeness (QED) is 0.305. The van der Waals surface area contributed by atoms with Crippen molar-refractivity contribution < 1.29 is 23.9 Å². The van der Waals surface area contributed by atoms with E-state index < -0.39 is 23.7 Å². The number of halogens is 1. The van der Waals surface area contributed by atoms with Crippen molar-refractivity contribution in [2.24, 2.45) is 0 Å². The van der Waals surface area contributed by atoms with Crippen LogP contribution in [0.4, 0.5) is 17.1 Å². The van der Waals surface area contributed by atoms with Crippen molar-refractivity contribution >= 4 is 52.4 Å². The van der Waals surface area contributed by atoms with Gasteiger partial charge in [-0.2, -0.15) is 0 Å². The highest BCUT2D eigenvalue weighted by Gasteiger charge is 2.39. The molecule has 1 aliphatic rings. The summed E-state index contributed by atoms with van der Waals surface area (Å²) in [5, 5.41) is 5.44. The zero-order valence-corrected chi connectivity index (χ0v) is 22.1. The van der Waals surface area contributed by atoms with Gasteiger partial charge in [0, 0.05) is 16.9 Å². The van der Waals surface area contributed by atoms with E-state index in [0.717, 1.165) is 16.0 Å². The Morgan fingerprint density at radius 1 is 0.868 bits per heavy atom. The van der Waals surface area contributed by atoms with Gasteiger partial charge in [0.15, 0.2) is 0 Å². The summed E-state index contributed by atoms with van der Waals surface area (Å²) in [5.74, 6) is -2.04. The molecule has 9 heteroatoms. The Morgan fingerprint density at radius 3 is 2.24 bits per heavy atom. The van der Waals surface area contributed by atoms with E-state index in [1.165, 1.54) is 6.07 Å².